The van der Waals surface area contributed by atoms with Crippen LogP contribution in [0.2, 0.25) is 0 Å². The van der Waals surface area contributed by atoms with Crippen molar-refractivity contribution in [3.8, 4) is 0 Å². The summed E-state index contributed by atoms with van der Waals surface area (Å²) in [6.07, 6.45) is -0.0436. The predicted octanol–water partition coefficient (Wildman–Crippen LogP) is 1.25. The highest BCUT2D eigenvalue weighted by atomic mass is 32.2. The van der Waals surface area contributed by atoms with Crippen LogP contribution in [0.25, 0.3) is 0 Å². The fourth-order valence-electron chi connectivity index (χ4n) is 1.60. The smallest absolute Gasteiger partial charge is 0.157 e. The van der Waals surface area contributed by atoms with E-state index in [4.69, 9.17) is 5.73 Å². The summed E-state index contributed by atoms with van der Waals surface area (Å²) in [6.45, 7) is 3.18. The molecular weight excluding hydrogens is 250 g/mol. The number of rotatable bonds is 6. The third-order valence-electron chi connectivity index (χ3n) is 3.03. The van der Waals surface area contributed by atoms with Gasteiger partial charge >= 0.3 is 0 Å². The summed E-state index contributed by atoms with van der Waals surface area (Å²) in [4.78, 5) is 12.0. The SMILES string of the molecule is CCS(=O)(=O)CCC(=O)C(C)(N)c1ccccc1. The number of benzene rings is 1. The first-order chi connectivity index (χ1) is 8.29. The van der Waals surface area contributed by atoms with Gasteiger partial charge in [0.15, 0.2) is 5.78 Å². The fourth-order valence-corrected chi connectivity index (χ4v) is 2.38. The molecule has 0 radical (unpaired) electrons. The van der Waals surface area contributed by atoms with Crippen LogP contribution in [0.3, 0.4) is 0 Å². The van der Waals surface area contributed by atoms with E-state index < -0.39 is 15.4 Å². The van der Waals surface area contributed by atoms with E-state index in [0.717, 1.165) is 0 Å². The number of Topliss-reactive ketones (excluding diaryl/α,β-unsaturated/α-hetero) is 1. The number of carbonyl (C=O) groups is 1. The normalized spacial score (nSPS) is 15.1. The molecule has 0 aliphatic heterocycles. The number of sulfone groups is 1. The lowest BCUT2D eigenvalue weighted by atomic mass is 9.87. The lowest BCUT2D eigenvalue weighted by Gasteiger charge is -2.23. The van der Waals surface area contributed by atoms with Gasteiger partial charge in [0, 0.05) is 12.2 Å². The zero-order chi connectivity index (χ0) is 13.8. The van der Waals surface area contributed by atoms with Crippen molar-refractivity contribution in [1.29, 1.82) is 0 Å². The van der Waals surface area contributed by atoms with Crippen LogP contribution < -0.4 is 5.73 Å². The minimum absolute atomic E-state index is 0.0436. The minimum atomic E-state index is -3.13. The van der Waals surface area contributed by atoms with Crippen LogP contribution in [0.5, 0.6) is 0 Å². The summed E-state index contributed by atoms with van der Waals surface area (Å²) in [5.41, 5.74) is 5.57. The summed E-state index contributed by atoms with van der Waals surface area (Å²) in [7, 11) is -3.13. The molecule has 1 aromatic carbocycles. The topological polar surface area (TPSA) is 77.2 Å². The molecule has 0 bridgehead atoms. The Morgan fingerprint density at radius 1 is 1.28 bits per heavy atom. The maximum absolute atomic E-state index is 12.0. The Morgan fingerprint density at radius 2 is 1.83 bits per heavy atom. The number of carbonyl (C=O) groups excluding carboxylic acids is 1. The van der Waals surface area contributed by atoms with Gasteiger partial charge < -0.3 is 5.73 Å². The molecule has 5 heteroatoms. The van der Waals surface area contributed by atoms with Gasteiger partial charge in [-0.1, -0.05) is 37.3 Å². The van der Waals surface area contributed by atoms with Crippen LogP contribution in [-0.2, 0) is 20.2 Å². The van der Waals surface area contributed by atoms with E-state index in [9.17, 15) is 13.2 Å². The Kier molecular flexibility index (Phi) is 4.65. The van der Waals surface area contributed by atoms with Crippen LogP contribution in [-0.4, -0.2) is 25.7 Å². The van der Waals surface area contributed by atoms with Crippen LogP contribution in [0.1, 0.15) is 25.8 Å². The molecule has 0 aliphatic rings. The van der Waals surface area contributed by atoms with Crippen LogP contribution in [0.15, 0.2) is 30.3 Å². The summed E-state index contributed by atoms with van der Waals surface area (Å²) in [5, 5.41) is 0. The van der Waals surface area contributed by atoms with Gasteiger partial charge in [0.2, 0.25) is 0 Å². The minimum Gasteiger partial charge on any atom is -0.315 e. The second-order valence-corrected chi connectivity index (χ2v) is 6.95. The number of ketones is 1. The first-order valence-electron chi connectivity index (χ1n) is 5.87. The quantitative estimate of drug-likeness (QED) is 0.843. The van der Waals surface area contributed by atoms with E-state index in [-0.39, 0.29) is 23.7 Å². The van der Waals surface area contributed by atoms with Gasteiger partial charge in [-0.25, -0.2) is 8.42 Å². The highest BCUT2D eigenvalue weighted by Gasteiger charge is 2.30. The van der Waals surface area contributed by atoms with Gasteiger partial charge in [0.1, 0.15) is 9.84 Å². The number of hydrogen-bond acceptors (Lipinski definition) is 4. The Labute approximate surface area is 108 Å². The van der Waals surface area contributed by atoms with Gasteiger partial charge in [0.25, 0.3) is 0 Å². The van der Waals surface area contributed by atoms with Crippen molar-refractivity contribution in [1.82, 2.24) is 0 Å². The molecule has 2 N–H and O–H groups in total. The Hall–Kier alpha value is -1.20. The van der Waals surface area contributed by atoms with Crippen LogP contribution in [0, 0.1) is 0 Å². The Bertz CT molecular complexity index is 506. The first kappa shape index (κ1) is 14.9. The maximum Gasteiger partial charge on any atom is 0.157 e. The molecule has 0 aliphatic carbocycles. The van der Waals surface area contributed by atoms with Crippen molar-refractivity contribution < 1.29 is 13.2 Å². The van der Waals surface area contributed by atoms with Gasteiger partial charge in [-0.3, -0.25) is 4.79 Å². The van der Waals surface area contributed by atoms with Crippen molar-refractivity contribution in [2.24, 2.45) is 5.73 Å². The van der Waals surface area contributed by atoms with Gasteiger partial charge in [-0.05, 0) is 12.5 Å². The largest absolute Gasteiger partial charge is 0.315 e. The zero-order valence-corrected chi connectivity index (χ0v) is 11.5. The van der Waals surface area contributed by atoms with Crippen molar-refractivity contribution >= 4 is 15.6 Å². The van der Waals surface area contributed by atoms with E-state index in [0.29, 0.717) is 5.56 Å². The lowest BCUT2D eigenvalue weighted by molar-refractivity contribution is -0.123. The molecule has 18 heavy (non-hydrogen) atoms. The second-order valence-electron chi connectivity index (χ2n) is 4.48. The Balaban J connectivity index is 2.78. The molecule has 0 amide bonds. The first-order valence-corrected chi connectivity index (χ1v) is 7.70. The van der Waals surface area contributed by atoms with E-state index in [1.165, 1.54) is 0 Å². The molecule has 4 nitrogen and oxygen atoms in total. The highest BCUT2D eigenvalue weighted by Crippen LogP contribution is 2.20. The number of nitrogens with two attached hydrogens (primary N) is 1. The molecule has 0 fully saturated rings. The van der Waals surface area contributed by atoms with Gasteiger partial charge in [0.05, 0.1) is 11.3 Å². The average molecular weight is 269 g/mol. The van der Waals surface area contributed by atoms with Crippen molar-refractivity contribution in [2.75, 3.05) is 11.5 Å². The van der Waals surface area contributed by atoms with Crippen LogP contribution in [0.4, 0.5) is 0 Å². The number of hydrogen-bond donors (Lipinski definition) is 1. The van der Waals surface area contributed by atoms with E-state index in [2.05, 4.69) is 0 Å². The van der Waals surface area contributed by atoms with Crippen molar-refractivity contribution in [3.63, 3.8) is 0 Å². The lowest BCUT2D eigenvalue weighted by Crippen LogP contribution is -2.42. The molecule has 1 atom stereocenters. The highest BCUT2D eigenvalue weighted by molar-refractivity contribution is 7.91. The van der Waals surface area contributed by atoms with Crippen molar-refractivity contribution in [3.05, 3.63) is 35.9 Å². The second kappa shape index (κ2) is 5.63. The Morgan fingerprint density at radius 3 is 2.33 bits per heavy atom. The van der Waals surface area contributed by atoms with Crippen molar-refractivity contribution in [2.45, 2.75) is 25.8 Å². The van der Waals surface area contributed by atoms with Crippen LogP contribution >= 0.6 is 0 Å². The standard InChI is InChI=1S/C13H19NO3S/c1-3-18(16,17)10-9-12(15)13(2,14)11-7-5-4-6-8-11/h4-8H,3,9-10,14H2,1-2H3. The van der Waals surface area contributed by atoms with E-state index in [1.54, 1.807) is 38.1 Å². The predicted molar refractivity (Wildman–Crippen MR) is 71.9 cm³/mol. The summed E-state index contributed by atoms with van der Waals surface area (Å²) in [5.74, 6) is -0.347. The molecule has 0 saturated heterocycles. The summed E-state index contributed by atoms with van der Waals surface area (Å²) < 4.78 is 22.7. The molecule has 1 rings (SSSR count). The van der Waals surface area contributed by atoms with Gasteiger partial charge in [-0.15, -0.1) is 0 Å². The fraction of sp³-hybridized carbons (Fsp3) is 0.462. The molecule has 1 unspecified atom stereocenters. The average Bonchev–Trinajstić information content (AvgIpc) is 2.37. The summed E-state index contributed by atoms with van der Waals surface area (Å²) >= 11 is 0. The van der Waals surface area contributed by atoms with E-state index >= 15 is 0 Å². The molecule has 100 valence electrons. The zero-order valence-electron chi connectivity index (χ0n) is 10.7. The molecule has 0 saturated carbocycles. The van der Waals surface area contributed by atoms with E-state index in [1.807, 2.05) is 6.07 Å². The monoisotopic (exact) mass is 269 g/mol. The summed E-state index contributed by atoms with van der Waals surface area (Å²) in [6, 6.07) is 8.98. The molecule has 1 aromatic rings. The van der Waals surface area contributed by atoms with Gasteiger partial charge in [-0.2, -0.15) is 0 Å². The molecule has 0 spiro atoms. The third kappa shape index (κ3) is 3.65. The molecule has 0 heterocycles. The third-order valence-corrected chi connectivity index (χ3v) is 4.74. The molecule has 0 aromatic heterocycles. The molecular formula is C13H19NO3S. The maximum atomic E-state index is 12.0.